The molecule has 0 aromatic heterocycles. The van der Waals surface area contributed by atoms with Crippen molar-refractivity contribution in [3.05, 3.63) is 0 Å². The Hall–Kier alpha value is -1.09. The number of halogens is 3. The molecule has 0 aliphatic rings. The lowest BCUT2D eigenvalue weighted by Crippen LogP contribution is -2.48. The molecule has 0 saturated carbocycles. The van der Waals surface area contributed by atoms with Crippen LogP contribution in [-0.2, 0) is 22.9 Å². The third kappa shape index (κ3) is 6.95. The molecule has 0 heterocycles. The predicted octanol–water partition coefficient (Wildman–Crippen LogP) is 1.65. The van der Waals surface area contributed by atoms with Gasteiger partial charge in [-0.05, 0) is 0 Å². The van der Waals surface area contributed by atoms with Gasteiger partial charge in [-0.2, -0.15) is 13.2 Å². The normalized spacial score (nSPS) is 12.1. The SMILES string of the molecule is CO[Si](CCC(F)(F)F)(OC(C)=O)OC(C)=O. The topological polar surface area (TPSA) is 61.8 Å². The summed E-state index contributed by atoms with van der Waals surface area (Å²) in [6.07, 6.45) is -5.70. The molecule has 0 atom stereocenters. The van der Waals surface area contributed by atoms with E-state index in [0.717, 1.165) is 21.0 Å². The molecule has 0 spiro atoms. The molecule has 0 rings (SSSR count). The van der Waals surface area contributed by atoms with Crippen molar-refractivity contribution in [3.8, 4) is 0 Å². The van der Waals surface area contributed by atoms with Gasteiger partial charge in [-0.15, -0.1) is 0 Å². The molecule has 0 bridgehead atoms. The van der Waals surface area contributed by atoms with Crippen molar-refractivity contribution in [2.24, 2.45) is 0 Å². The van der Waals surface area contributed by atoms with Gasteiger partial charge in [0.2, 0.25) is 0 Å². The zero-order valence-corrected chi connectivity index (χ0v) is 10.6. The van der Waals surface area contributed by atoms with Crippen molar-refractivity contribution in [3.63, 3.8) is 0 Å². The van der Waals surface area contributed by atoms with Gasteiger partial charge < -0.3 is 13.3 Å². The van der Waals surface area contributed by atoms with Crippen LogP contribution in [0.25, 0.3) is 0 Å². The highest BCUT2D eigenvalue weighted by molar-refractivity contribution is 6.64. The first-order valence-electron chi connectivity index (χ1n) is 4.61. The maximum Gasteiger partial charge on any atom is 0.636 e. The van der Waals surface area contributed by atoms with Crippen LogP contribution in [0, 0.1) is 0 Å². The van der Waals surface area contributed by atoms with E-state index in [1.807, 2.05) is 0 Å². The van der Waals surface area contributed by atoms with Gasteiger partial charge in [0.25, 0.3) is 11.9 Å². The number of alkyl halides is 3. The van der Waals surface area contributed by atoms with Gasteiger partial charge in [0.1, 0.15) is 0 Å². The third-order valence-electron chi connectivity index (χ3n) is 1.62. The second-order valence-corrected chi connectivity index (χ2v) is 5.87. The first kappa shape index (κ1) is 15.9. The largest absolute Gasteiger partial charge is 0.636 e. The fourth-order valence-electron chi connectivity index (χ4n) is 1.04. The zero-order chi connectivity index (χ0) is 13.7. The highest BCUT2D eigenvalue weighted by Crippen LogP contribution is 2.27. The molecule has 0 amide bonds. The monoisotopic (exact) mass is 274 g/mol. The number of rotatable bonds is 5. The molecule has 0 saturated heterocycles. The van der Waals surface area contributed by atoms with E-state index < -0.39 is 39.4 Å². The maximum atomic E-state index is 12.1. The van der Waals surface area contributed by atoms with Crippen molar-refractivity contribution in [1.82, 2.24) is 0 Å². The van der Waals surface area contributed by atoms with Crippen LogP contribution >= 0.6 is 0 Å². The average molecular weight is 274 g/mol. The predicted molar refractivity (Wildman–Crippen MR) is 51.8 cm³/mol. The Morgan fingerprint density at radius 1 is 1.12 bits per heavy atom. The van der Waals surface area contributed by atoms with Crippen LogP contribution in [0.15, 0.2) is 0 Å². The Morgan fingerprint density at radius 2 is 1.53 bits per heavy atom. The molecule has 0 fully saturated rings. The molecule has 0 aliphatic carbocycles. The summed E-state index contributed by atoms with van der Waals surface area (Å²) >= 11 is 0. The van der Waals surface area contributed by atoms with E-state index in [1.54, 1.807) is 0 Å². The molecule has 9 heteroatoms. The summed E-state index contributed by atoms with van der Waals surface area (Å²) in [5.74, 6) is -1.72. The Kier molecular flexibility index (Phi) is 5.62. The fraction of sp³-hybridized carbons (Fsp3) is 0.750. The first-order valence-corrected chi connectivity index (χ1v) is 6.54. The summed E-state index contributed by atoms with van der Waals surface area (Å²) in [6, 6.07) is -0.688. The van der Waals surface area contributed by atoms with Crippen molar-refractivity contribution in [2.45, 2.75) is 32.5 Å². The zero-order valence-electron chi connectivity index (χ0n) is 9.59. The van der Waals surface area contributed by atoms with Gasteiger partial charge in [-0.1, -0.05) is 0 Å². The van der Waals surface area contributed by atoms with E-state index in [-0.39, 0.29) is 0 Å². The minimum absolute atomic E-state index is 0.688. The summed E-state index contributed by atoms with van der Waals surface area (Å²) in [5.41, 5.74) is 0. The molecule has 100 valence electrons. The second kappa shape index (κ2) is 6.01. The van der Waals surface area contributed by atoms with E-state index in [4.69, 9.17) is 4.43 Å². The van der Waals surface area contributed by atoms with Gasteiger partial charge in [0, 0.05) is 21.0 Å². The first-order chi connectivity index (χ1) is 7.60. The molecule has 0 aromatic carbocycles. The Bertz CT molecular complexity index is 275. The summed E-state index contributed by atoms with van der Waals surface area (Å²) < 4.78 is 50.2. The van der Waals surface area contributed by atoms with E-state index in [9.17, 15) is 22.8 Å². The molecule has 0 unspecified atom stereocenters. The van der Waals surface area contributed by atoms with Crippen molar-refractivity contribution in [1.29, 1.82) is 0 Å². The van der Waals surface area contributed by atoms with Crippen molar-refractivity contribution < 1.29 is 36.0 Å². The van der Waals surface area contributed by atoms with Gasteiger partial charge in [0.05, 0.1) is 12.5 Å². The molecule has 0 radical (unpaired) electrons. The molecular weight excluding hydrogens is 261 g/mol. The highest BCUT2D eigenvalue weighted by Gasteiger charge is 2.49. The Balaban J connectivity index is 4.78. The van der Waals surface area contributed by atoms with Crippen LogP contribution in [0.1, 0.15) is 20.3 Å². The van der Waals surface area contributed by atoms with Crippen molar-refractivity contribution >= 4 is 20.7 Å². The van der Waals surface area contributed by atoms with Crippen LogP contribution in [0.4, 0.5) is 13.2 Å². The van der Waals surface area contributed by atoms with E-state index >= 15 is 0 Å². The molecule has 0 aliphatic heterocycles. The maximum absolute atomic E-state index is 12.1. The minimum atomic E-state index is -4.45. The van der Waals surface area contributed by atoms with Crippen LogP contribution in [0.5, 0.6) is 0 Å². The van der Waals surface area contributed by atoms with Gasteiger partial charge >= 0.3 is 15.0 Å². The average Bonchev–Trinajstić information content (AvgIpc) is 2.11. The third-order valence-corrected chi connectivity index (χ3v) is 4.31. The lowest BCUT2D eigenvalue weighted by atomic mass is 10.5. The van der Waals surface area contributed by atoms with E-state index in [0.29, 0.717) is 0 Å². The second-order valence-electron chi connectivity index (χ2n) is 3.19. The number of carbonyl (C=O) groups is 2. The van der Waals surface area contributed by atoms with Crippen molar-refractivity contribution in [2.75, 3.05) is 7.11 Å². The Labute approximate surface area is 97.2 Å². The summed E-state index contributed by atoms with van der Waals surface area (Å²) in [7, 11) is -2.89. The van der Waals surface area contributed by atoms with Gasteiger partial charge in [-0.3, -0.25) is 9.59 Å². The molecular formula is C8H13F3O5Si. The molecule has 0 N–H and O–H groups in total. The van der Waals surface area contributed by atoms with Gasteiger partial charge in [-0.25, -0.2) is 0 Å². The Morgan fingerprint density at radius 3 is 1.76 bits per heavy atom. The minimum Gasteiger partial charge on any atom is -0.464 e. The van der Waals surface area contributed by atoms with Crippen LogP contribution in [0.3, 0.4) is 0 Å². The number of carbonyl (C=O) groups excluding carboxylic acids is 2. The lowest BCUT2D eigenvalue weighted by Gasteiger charge is -2.25. The van der Waals surface area contributed by atoms with E-state index in [1.165, 1.54) is 0 Å². The highest BCUT2D eigenvalue weighted by atomic mass is 28.4. The van der Waals surface area contributed by atoms with Crippen LogP contribution in [-0.4, -0.2) is 34.0 Å². The lowest BCUT2D eigenvalue weighted by molar-refractivity contribution is -0.147. The molecule has 17 heavy (non-hydrogen) atoms. The fourth-order valence-corrected chi connectivity index (χ4v) is 3.12. The van der Waals surface area contributed by atoms with Gasteiger partial charge in [0.15, 0.2) is 0 Å². The van der Waals surface area contributed by atoms with Crippen LogP contribution < -0.4 is 0 Å². The molecule has 0 aromatic rings. The number of hydrogen-bond acceptors (Lipinski definition) is 5. The summed E-state index contributed by atoms with van der Waals surface area (Å²) in [5, 5.41) is 0. The smallest absolute Gasteiger partial charge is 0.464 e. The number of hydrogen-bond donors (Lipinski definition) is 0. The summed E-state index contributed by atoms with van der Waals surface area (Å²) in [6.45, 7) is 2.00. The molecule has 5 nitrogen and oxygen atoms in total. The summed E-state index contributed by atoms with van der Waals surface area (Å²) in [4.78, 5) is 21.6. The van der Waals surface area contributed by atoms with E-state index in [2.05, 4.69) is 8.85 Å². The standard InChI is InChI=1S/C8H13F3O5Si/c1-6(12)15-17(14-3,16-7(2)13)5-4-8(9,10)11/h4-5H2,1-3H3. The van der Waals surface area contributed by atoms with Crippen LogP contribution in [0.2, 0.25) is 6.04 Å². The quantitative estimate of drug-likeness (QED) is 0.713.